The van der Waals surface area contributed by atoms with E-state index in [0.717, 1.165) is 12.1 Å². The molecule has 1 aromatic carbocycles. The zero-order valence-electron chi connectivity index (χ0n) is 11.3. The van der Waals surface area contributed by atoms with Gasteiger partial charge in [0.2, 0.25) is 0 Å². The predicted octanol–water partition coefficient (Wildman–Crippen LogP) is 3.78. The normalized spacial score (nSPS) is 13.8. The van der Waals surface area contributed by atoms with Crippen molar-refractivity contribution >= 4 is 5.69 Å². The maximum atomic E-state index is 12.9. The zero-order chi connectivity index (χ0) is 16.6. The van der Waals surface area contributed by atoms with Crippen molar-refractivity contribution in [3.05, 3.63) is 29.3 Å². The Hall–Kier alpha value is -1.44. The molecular formula is C13H15F6NO. The van der Waals surface area contributed by atoms with Crippen molar-refractivity contribution in [3.63, 3.8) is 0 Å². The minimum atomic E-state index is -5.90. The number of hydrogen-bond donors (Lipinski definition) is 2. The number of benzene rings is 1. The second kappa shape index (κ2) is 5.40. The average molecular weight is 315 g/mol. The standard InChI is InChI=1S/C13H15F6NO/c1-7(2)5-8-6-9(20)3-4-10(8)11(21,12(14,15)16)13(17,18)19/h3-4,6-7,21H,5,20H2,1-2H3. The molecule has 0 heterocycles. The summed E-state index contributed by atoms with van der Waals surface area (Å²) in [6.07, 6.45) is -11.9. The van der Waals surface area contributed by atoms with Crippen LogP contribution >= 0.6 is 0 Å². The number of aliphatic hydroxyl groups is 1. The third kappa shape index (κ3) is 3.25. The van der Waals surface area contributed by atoms with Crippen LogP contribution in [0.25, 0.3) is 0 Å². The monoisotopic (exact) mass is 315 g/mol. The summed E-state index contributed by atoms with van der Waals surface area (Å²) in [5, 5.41) is 9.45. The van der Waals surface area contributed by atoms with Gasteiger partial charge in [-0.25, -0.2) is 0 Å². The number of halogens is 6. The van der Waals surface area contributed by atoms with Crippen LogP contribution in [0.2, 0.25) is 0 Å². The van der Waals surface area contributed by atoms with Crippen molar-refractivity contribution in [1.82, 2.24) is 0 Å². The second-order valence-corrected chi connectivity index (χ2v) is 5.22. The van der Waals surface area contributed by atoms with E-state index in [1.807, 2.05) is 0 Å². The van der Waals surface area contributed by atoms with E-state index in [1.54, 1.807) is 13.8 Å². The molecule has 0 radical (unpaired) electrons. The summed E-state index contributed by atoms with van der Waals surface area (Å²) in [7, 11) is 0. The molecule has 0 bridgehead atoms. The van der Waals surface area contributed by atoms with Gasteiger partial charge in [0.25, 0.3) is 5.60 Å². The third-order valence-corrected chi connectivity index (χ3v) is 2.97. The highest BCUT2D eigenvalue weighted by atomic mass is 19.4. The Labute approximate surface area is 117 Å². The van der Waals surface area contributed by atoms with Crippen LogP contribution < -0.4 is 5.73 Å². The number of anilines is 1. The molecular weight excluding hydrogens is 300 g/mol. The Morgan fingerprint density at radius 3 is 1.90 bits per heavy atom. The maximum absolute atomic E-state index is 12.9. The Morgan fingerprint density at radius 1 is 1.05 bits per heavy atom. The molecule has 0 unspecified atom stereocenters. The largest absolute Gasteiger partial charge is 0.430 e. The van der Waals surface area contributed by atoms with Gasteiger partial charge < -0.3 is 10.8 Å². The second-order valence-electron chi connectivity index (χ2n) is 5.22. The Bertz CT molecular complexity index is 492. The molecule has 8 heteroatoms. The van der Waals surface area contributed by atoms with Crippen LogP contribution in [0, 0.1) is 5.92 Å². The van der Waals surface area contributed by atoms with Crippen molar-refractivity contribution < 1.29 is 31.4 Å². The van der Waals surface area contributed by atoms with Crippen molar-refractivity contribution in [3.8, 4) is 0 Å². The van der Waals surface area contributed by atoms with E-state index in [9.17, 15) is 31.4 Å². The maximum Gasteiger partial charge on any atom is 0.430 e. The van der Waals surface area contributed by atoms with Crippen molar-refractivity contribution in [2.24, 2.45) is 5.92 Å². The summed E-state index contributed by atoms with van der Waals surface area (Å²) in [4.78, 5) is 0. The molecule has 0 spiro atoms. The Kier molecular flexibility index (Phi) is 4.53. The summed E-state index contributed by atoms with van der Waals surface area (Å²) in [5.74, 6) is -0.212. The lowest BCUT2D eigenvalue weighted by molar-refractivity contribution is -0.376. The summed E-state index contributed by atoms with van der Waals surface area (Å²) < 4.78 is 77.4. The van der Waals surface area contributed by atoms with Crippen LogP contribution in [0.3, 0.4) is 0 Å². The van der Waals surface area contributed by atoms with Crippen molar-refractivity contribution in [2.75, 3.05) is 5.73 Å². The quantitative estimate of drug-likeness (QED) is 0.659. The fraction of sp³-hybridized carbons (Fsp3) is 0.538. The molecule has 0 amide bonds. The van der Waals surface area contributed by atoms with Gasteiger partial charge in [0.1, 0.15) is 0 Å². The fourth-order valence-corrected chi connectivity index (χ4v) is 2.04. The molecule has 2 nitrogen and oxygen atoms in total. The Morgan fingerprint density at radius 2 is 1.52 bits per heavy atom. The van der Waals surface area contributed by atoms with Gasteiger partial charge in [0.15, 0.2) is 0 Å². The van der Waals surface area contributed by atoms with Gasteiger partial charge >= 0.3 is 12.4 Å². The number of nitrogens with two attached hydrogens (primary N) is 1. The summed E-state index contributed by atoms with van der Waals surface area (Å²) >= 11 is 0. The van der Waals surface area contributed by atoms with Crippen LogP contribution in [0.5, 0.6) is 0 Å². The van der Waals surface area contributed by atoms with Gasteiger partial charge in [0, 0.05) is 11.3 Å². The van der Waals surface area contributed by atoms with E-state index in [4.69, 9.17) is 5.73 Å². The smallest absolute Gasteiger partial charge is 0.399 e. The van der Waals surface area contributed by atoms with Crippen LogP contribution in [0.15, 0.2) is 18.2 Å². The minimum absolute atomic E-state index is 0.0288. The number of nitrogen functional groups attached to an aromatic ring is 1. The number of hydrogen-bond acceptors (Lipinski definition) is 2. The lowest BCUT2D eigenvalue weighted by Crippen LogP contribution is -2.54. The van der Waals surface area contributed by atoms with Crippen molar-refractivity contribution in [2.45, 2.75) is 38.2 Å². The minimum Gasteiger partial charge on any atom is -0.399 e. The molecule has 3 N–H and O–H groups in total. The van der Waals surface area contributed by atoms with E-state index >= 15 is 0 Å². The lowest BCUT2D eigenvalue weighted by Gasteiger charge is -2.34. The van der Waals surface area contributed by atoms with E-state index in [0.29, 0.717) is 6.07 Å². The molecule has 0 saturated carbocycles. The Balaban J connectivity index is 3.60. The summed E-state index contributed by atoms with van der Waals surface area (Å²) in [5.41, 5.74) is -0.976. The highest BCUT2D eigenvalue weighted by Gasteiger charge is 2.71. The molecule has 0 aliphatic heterocycles. The number of rotatable bonds is 3. The average Bonchev–Trinajstić information content (AvgIpc) is 2.24. The fourth-order valence-electron chi connectivity index (χ4n) is 2.04. The first-order valence-corrected chi connectivity index (χ1v) is 6.05. The van der Waals surface area contributed by atoms with Crippen LogP contribution in [0.1, 0.15) is 25.0 Å². The molecule has 0 aliphatic rings. The first-order chi connectivity index (χ1) is 9.30. The molecule has 120 valence electrons. The van der Waals surface area contributed by atoms with Gasteiger partial charge in [-0.3, -0.25) is 0 Å². The number of alkyl halides is 6. The van der Waals surface area contributed by atoms with Gasteiger partial charge in [-0.15, -0.1) is 0 Å². The van der Waals surface area contributed by atoms with Crippen LogP contribution in [0.4, 0.5) is 32.0 Å². The van der Waals surface area contributed by atoms with Gasteiger partial charge in [0.05, 0.1) is 0 Å². The molecule has 0 aromatic heterocycles. The highest BCUT2D eigenvalue weighted by Crippen LogP contribution is 2.51. The van der Waals surface area contributed by atoms with Gasteiger partial charge in [-0.1, -0.05) is 19.9 Å². The topological polar surface area (TPSA) is 46.2 Å². The zero-order valence-corrected chi connectivity index (χ0v) is 11.3. The molecule has 0 atom stereocenters. The molecule has 0 fully saturated rings. The molecule has 0 aliphatic carbocycles. The van der Waals surface area contributed by atoms with E-state index in [2.05, 4.69) is 0 Å². The highest BCUT2D eigenvalue weighted by molar-refractivity contribution is 5.48. The van der Waals surface area contributed by atoms with Crippen LogP contribution in [-0.4, -0.2) is 17.5 Å². The van der Waals surface area contributed by atoms with Gasteiger partial charge in [-0.2, -0.15) is 26.3 Å². The SMILES string of the molecule is CC(C)Cc1cc(N)ccc1C(O)(C(F)(F)F)C(F)(F)F. The van der Waals surface area contributed by atoms with Crippen LogP contribution in [-0.2, 0) is 12.0 Å². The van der Waals surface area contributed by atoms with E-state index < -0.39 is 23.5 Å². The summed E-state index contributed by atoms with van der Waals surface area (Å²) in [6, 6.07) is 2.51. The summed E-state index contributed by atoms with van der Waals surface area (Å²) in [6.45, 7) is 3.26. The van der Waals surface area contributed by atoms with Crippen molar-refractivity contribution in [1.29, 1.82) is 0 Å². The lowest BCUT2D eigenvalue weighted by atomic mass is 9.85. The predicted molar refractivity (Wildman–Crippen MR) is 65.4 cm³/mol. The molecule has 21 heavy (non-hydrogen) atoms. The van der Waals surface area contributed by atoms with E-state index in [1.165, 1.54) is 0 Å². The first kappa shape index (κ1) is 17.6. The molecule has 0 saturated heterocycles. The van der Waals surface area contributed by atoms with E-state index in [-0.39, 0.29) is 23.6 Å². The molecule has 1 rings (SSSR count). The van der Waals surface area contributed by atoms with Gasteiger partial charge in [-0.05, 0) is 30.0 Å². The third-order valence-electron chi connectivity index (χ3n) is 2.97. The first-order valence-electron chi connectivity index (χ1n) is 6.05. The molecule has 1 aromatic rings.